The molecule has 5 heteroatoms. The molecular weight excluding hydrogens is 584 g/mol. The van der Waals surface area contributed by atoms with Gasteiger partial charge in [-0.15, -0.1) is 0 Å². The second-order valence-electron chi connectivity index (χ2n) is 10.9. The minimum atomic E-state index is -0.826. The monoisotopic (exact) mass is 646 g/mol. The fourth-order valence-electron chi connectivity index (χ4n) is 3.99. The quantitative estimate of drug-likeness (QED) is 0.0379. The van der Waals surface area contributed by atoms with Gasteiger partial charge in [-0.2, -0.15) is 0 Å². The molecule has 0 bridgehead atoms. The number of carbonyl (C=O) groups excluding carboxylic acids is 2. The molecule has 0 aromatic rings. The average Bonchev–Trinajstić information content (AvgIpc) is 3.07. The van der Waals surface area contributed by atoms with E-state index >= 15 is 0 Å². The number of allylic oxidation sites excluding steroid dienone is 20. The van der Waals surface area contributed by atoms with E-state index < -0.39 is 12.1 Å². The highest BCUT2D eigenvalue weighted by Gasteiger charge is 2.15. The van der Waals surface area contributed by atoms with Gasteiger partial charge in [0, 0.05) is 12.8 Å². The Kier molecular flexibility index (Phi) is 33.9. The first-order valence-corrected chi connectivity index (χ1v) is 17.6. The van der Waals surface area contributed by atoms with Gasteiger partial charge in [-0.25, -0.2) is 0 Å². The fourth-order valence-corrected chi connectivity index (χ4v) is 3.99. The van der Waals surface area contributed by atoms with E-state index in [4.69, 9.17) is 9.47 Å². The molecule has 47 heavy (non-hydrogen) atoms. The lowest BCUT2D eigenvalue weighted by molar-refractivity contribution is -0.161. The lowest BCUT2D eigenvalue weighted by atomic mass is 10.1. The molecule has 0 spiro atoms. The molecule has 1 N–H and O–H groups in total. The summed E-state index contributed by atoms with van der Waals surface area (Å²) >= 11 is 0. The third-order valence-electron chi connectivity index (χ3n) is 6.60. The Morgan fingerprint density at radius 2 is 0.979 bits per heavy atom. The van der Waals surface area contributed by atoms with Crippen LogP contribution in [0.2, 0.25) is 0 Å². The maximum absolute atomic E-state index is 12.1. The van der Waals surface area contributed by atoms with E-state index in [-0.39, 0.29) is 25.6 Å². The van der Waals surface area contributed by atoms with E-state index in [9.17, 15) is 14.7 Å². The molecule has 0 radical (unpaired) electrons. The van der Waals surface area contributed by atoms with Crippen molar-refractivity contribution in [2.45, 2.75) is 116 Å². The predicted octanol–water partition coefficient (Wildman–Crippen LogP) is 10.9. The van der Waals surface area contributed by atoms with Crippen molar-refractivity contribution >= 4 is 11.9 Å². The number of unbranched alkanes of at least 4 members (excludes halogenated alkanes) is 4. The number of esters is 2. The number of carbonyl (C=O) groups is 2. The molecule has 0 aromatic heterocycles. The number of hydrogen-bond donors (Lipinski definition) is 1. The normalized spacial score (nSPS) is 13.7. The maximum Gasteiger partial charge on any atom is 0.306 e. The van der Waals surface area contributed by atoms with Crippen molar-refractivity contribution in [3.05, 3.63) is 122 Å². The average molecular weight is 647 g/mol. The Hall–Kier alpha value is -3.70. The van der Waals surface area contributed by atoms with Crippen molar-refractivity contribution in [2.24, 2.45) is 0 Å². The lowest BCUT2D eigenvalue weighted by Crippen LogP contribution is -2.28. The highest BCUT2D eigenvalue weighted by atomic mass is 16.6. The van der Waals surface area contributed by atoms with Crippen LogP contribution < -0.4 is 0 Å². The number of aliphatic hydroxyl groups is 1. The van der Waals surface area contributed by atoms with Crippen molar-refractivity contribution in [2.75, 3.05) is 13.2 Å². The van der Waals surface area contributed by atoms with Gasteiger partial charge in [0.25, 0.3) is 0 Å². The second kappa shape index (κ2) is 36.8. The number of ether oxygens (including phenoxy) is 2. The number of hydrogen-bond acceptors (Lipinski definition) is 5. The van der Waals surface area contributed by atoms with Crippen LogP contribution in [0, 0.1) is 0 Å². The molecule has 0 saturated carbocycles. The van der Waals surface area contributed by atoms with Crippen LogP contribution in [-0.2, 0) is 19.1 Å². The summed E-state index contributed by atoms with van der Waals surface area (Å²) in [4.78, 5) is 24.1. The maximum atomic E-state index is 12.1. The summed E-state index contributed by atoms with van der Waals surface area (Å²) in [5, 5.41) is 9.51. The molecule has 0 rings (SSSR count). The van der Waals surface area contributed by atoms with Gasteiger partial charge in [-0.1, -0.05) is 142 Å². The van der Waals surface area contributed by atoms with E-state index in [2.05, 4.69) is 98.9 Å². The molecule has 0 aliphatic carbocycles. The molecule has 0 heterocycles. The van der Waals surface area contributed by atoms with Gasteiger partial charge in [0.2, 0.25) is 0 Å². The van der Waals surface area contributed by atoms with Gasteiger partial charge in [0.05, 0.1) is 6.61 Å². The fraction of sp³-hybridized carbons (Fsp3) is 0.476. The van der Waals surface area contributed by atoms with Crippen molar-refractivity contribution < 1.29 is 24.2 Å². The van der Waals surface area contributed by atoms with E-state index in [1.54, 1.807) is 0 Å². The Labute approximate surface area is 286 Å². The largest absolute Gasteiger partial charge is 0.462 e. The van der Waals surface area contributed by atoms with Crippen LogP contribution in [0.1, 0.15) is 110 Å². The molecule has 1 unspecified atom stereocenters. The first-order chi connectivity index (χ1) is 23.1. The van der Waals surface area contributed by atoms with Crippen molar-refractivity contribution in [3.63, 3.8) is 0 Å². The summed E-state index contributed by atoms with van der Waals surface area (Å²) in [5.74, 6) is -0.724. The third-order valence-corrected chi connectivity index (χ3v) is 6.60. The second-order valence-corrected chi connectivity index (χ2v) is 10.9. The standard InChI is InChI=1S/C42H62O5/c1-3-5-7-9-11-13-15-17-18-19-20-21-22-23-25-27-29-31-33-35-37-42(45)47-40(38-43)39-46-41(44)36-34-32-30-28-26-24-16-14-12-10-8-6-4-2/h5-8,10-14,16-18,20-21,23-26,29,31,40,43H,3-4,9,15,19,22,27-28,30,32-39H2,1-2H3/b7-5+,8-6+,12-10+,13-11+,16-14+,18-17+,21-20+,25-23+,26-24+,31-29+. The molecule has 0 aromatic carbocycles. The van der Waals surface area contributed by atoms with Crippen LogP contribution in [0.4, 0.5) is 0 Å². The molecule has 0 amide bonds. The zero-order chi connectivity index (χ0) is 34.3. The minimum Gasteiger partial charge on any atom is -0.462 e. The SMILES string of the molecule is CC/C=C/C=C/C=C/C=C/CCCCCC(=O)OCC(CO)OC(=O)CCC/C=C/C/C=C/C/C=C/C/C=C/C/C=C/C/C=C/CC. The third kappa shape index (κ3) is 35.0. The Morgan fingerprint density at radius 1 is 0.511 bits per heavy atom. The summed E-state index contributed by atoms with van der Waals surface area (Å²) < 4.78 is 10.5. The van der Waals surface area contributed by atoms with Gasteiger partial charge < -0.3 is 14.6 Å². The highest BCUT2D eigenvalue weighted by Crippen LogP contribution is 2.07. The summed E-state index contributed by atoms with van der Waals surface area (Å²) in [5.41, 5.74) is 0. The minimum absolute atomic E-state index is 0.119. The smallest absolute Gasteiger partial charge is 0.306 e. The molecule has 1 atom stereocenters. The van der Waals surface area contributed by atoms with Crippen LogP contribution in [0.5, 0.6) is 0 Å². The first kappa shape index (κ1) is 43.3. The van der Waals surface area contributed by atoms with Crippen LogP contribution in [0.25, 0.3) is 0 Å². The predicted molar refractivity (Wildman–Crippen MR) is 200 cm³/mol. The van der Waals surface area contributed by atoms with Gasteiger partial charge in [0.15, 0.2) is 6.10 Å². The Morgan fingerprint density at radius 3 is 1.53 bits per heavy atom. The first-order valence-electron chi connectivity index (χ1n) is 17.6. The van der Waals surface area contributed by atoms with Crippen LogP contribution in [-0.4, -0.2) is 36.4 Å². The van der Waals surface area contributed by atoms with Crippen LogP contribution in [0.15, 0.2) is 122 Å². The van der Waals surface area contributed by atoms with Crippen molar-refractivity contribution in [1.29, 1.82) is 0 Å². The molecule has 0 fully saturated rings. The van der Waals surface area contributed by atoms with Crippen molar-refractivity contribution in [3.8, 4) is 0 Å². The zero-order valence-corrected chi connectivity index (χ0v) is 29.2. The summed E-state index contributed by atoms with van der Waals surface area (Å²) in [6.07, 6.45) is 54.0. The van der Waals surface area contributed by atoms with Crippen LogP contribution in [0.3, 0.4) is 0 Å². The zero-order valence-electron chi connectivity index (χ0n) is 29.2. The molecular formula is C42H62O5. The topological polar surface area (TPSA) is 72.8 Å². The summed E-state index contributed by atoms with van der Waals surface area (Å²) in [6.45, 7) is 3.76. The van der Waals surface area contributed by atoms with Gasteiger partial charge in [-0.05, 0) is 77.0 Å². The van der Waals surface area contributed by atoms with E-state index in [1.165, 1.54) is 0 Å². The summed E-state index contributed by atoms with van der Waals surface area (Å²) in [6, 6.07) is 0. The molecule has 5 nitrogen and oxygen atoms in total. The Bertz CT molecular complexity index is 1050. The molecule has 0 aliphatic heterocycles. The molecule has 0 aliphatic rings. The Balaban J connectivity index is 3.82. The highest BCUT2D eigenvalue weighted by molar-refractivity contribution is 5.70. The van der Waals surface area contributed by atoms with Gasteiger partial charge in [-0.3, -0.25) is 9.59 Å². The molecule has 0 saturated heterocycles. The molecule has 260 valence electrons. The number of aliphatic hydroxyl groups excluding tert-OH is 1. The van der Waals surface area contributed by atoms with Gasteiger partial charge >= 0.3 is 11.9 Å². The summed E-state index contributed by atoms with van der Waals surface area (Å²) in [7, 11) is 0. The van der Waals surface area contributed by atoms with Crippen LogP contribution >= 0.6 is 0 Å². The van der Waals surface area contributed by atoms with Gasteiger partial charge in [0.1, 0.15) is 6.61 Å². The lowest BCUT2D eigenvalue weighted by Gasteiger charge is -2.15. The van der Waals surface area contributed by atoms with Crippen molar-refractivity contribution in [1.82, 2.24) is 0 Å². The number of rotatable bonds is 29. The van der Waals surface area contributed by atoms with E-state index in [0.29, 0.717) is 12.8 Å². The van der Waals surface area contributed by atoms with E-state index in [0.717, 1.165) is 77.0 Å². The van der Waals surface area contributed by atoms with E-state index in [1.807, 2.05) is 36.5 Å².